The van der Waals surface area contributed by atoms with E-state index < -0.39 is 17.0 Å². The van der Waals surface area contributed by atoms with Gasteiger partial charge in [-0.15, -0.1) is 11.8 Å². The standard InChI is InChI=1S/C16H12Cl2F3NOS/c1-9(15(23)22-11-4-2-3-10(17)7-11)24-12-5-6-14(18)13(8-12)16(19,20)21/h2-9H,1H3,(H,22,23)/t9-/m0/s1. The highest BCUT2D eigenvalue weighted by Crippen LogP contribution is 2.37. The van der Waals surface area contributed by atoms with Gasteiger partial charge in [-0.3, -0.25) is 4.79 Å². The number of carbonyl (C=O) groups is 1. The molecule has 1 N–H and O–H groups in total. The van der Waals surface area contributed by atoms with Crippen LogP contribution in [0.5, 0.6) is 0 Å². The van der Waals surface area contributed by atoms with E-state index in [1.54, 1.807) is 31.2 Å². The molecule has 8 heteroatoms. The van der Waals surface area contributed by atoms with Gasteiger partial charge in [-0.05, 0) is 43.3 Å². The Hall–Kier alpha value is -1.37. The van der Waals surface area contributed by atoms with Gasteiger partial charge in [-0.2, -0.15) is 13.2 Å². The molecule has 0 aliphatic heterocycles. The first-order chi connectivity index (χ1) is 11.2. The summed E-state index contributed by atoms with van der Waals surface area (Å²) in [7, 11) is 0. The van der Waals surface area contributed by atoms with E-state index in [9.17, 15) is 18.0 Å². The summed E-state index contributed by atoms with van der Waals surface area (Å²) in [5.74, 6) is -0.342. The first-order valence-electron chi connectivity index (χ1n) is 6.76. The predicted molar refractivity (Wildman–Crippen MR) is 91.9 cm³/mol. The Morgan fingerprint density at radius 3 is 2.50 bits per heavy atom. The molecule has 2 aromatic rings. The minimum absolute atomic E-state index is 0.306. The summed E-state index contributed by atoms with van der Waals surface area (Å²) in [6.45, 7) is 1.60. The van der Waals surface area contributed by atoms with Crippen molar-refractivity contribution in [3.8, 4) is 0 Å². The van der Waals surface area contributed by atoms with Crippen molar-refractivity contribution in [3.05, 3.63) is 58.1 Å². The summed E-state index contributed by atoms with van der Waals surface area (Å²) in [6.07, 6.45) is -4.54. The lowest BCUT2D eigenvalue weighted by Gasteiger charge is -2.14. The predicted octanol–water partition coefficient (Wildman–Crippen LogP) is 6.13. The van der Waals surface area contributed by atoms with Crippen molar-refractivity contribution in [3.63, 3.8) is 0 Å². The first-order valence-corrected chi connectivity index (χ1v) is 8.40. The molecular weight excluding hydrogens is 382 g/mol. The number of carbonyl (C=O) groups excluding carboxylic acids is 1. The molecule has 24 heavy (non-hydrogen) atoms. The normalized spacial score (nSPS) is 12.8. The van der Waals surface area contributed by atoms with Gasteiger partial charge >= 0.3 is 6.18 Å². The minimum Gasteiger partial charge on any atom is -0.325 e. The molecule has 2 rings (SSSR count). The van der Waals surface area contributed by atoms with E-state index in [1.807, 2.05) is 0 Å². The summed E-state index contributed by atoms with van der Waals surface area (Å²) >= 11 is 12.4. The number of halogens is 5. The van der Waals surface area contributed by atoms with Crippen LogP contribution in [-0.4, -0.2) is 11.2 Å². The van der Waals surface area contributed by atoms with E-state index in [4.69, 9.17) is 23.2 Å². The molecule has 0 bridgehead atoms. The molecule has 0 saturated heterocycles. The Labute approximate surface area is 151 Å². The van der Waals surface area contributed by atoms with Crippen LogP contribution in [0.25, 0.3) is 0 Å². The fourth-order valence-corrected chi connectivity index (χ4v) is 3.18. The van der Waals surface area contributed by atoms with E-state index >= 15 is 0 Å². The van der Waals surface area contributed by atoms with Crippen LogP contribution in [0.4, 0.5) is 18.9 Å². The number of alkyl halides is 3. The van der Waals surface area contributed by atoms with Crippen LogP contribution in [0.2, 0.25) is 10.0 Å². The third-order valence-electron chi connectivity index (χ3n) is 3.02. The lowest BCUT2D eigenvalue weighted by molar-refractivity contribution is -0.137. The van der Waals surface area contributed by atoms with Crippen LogP contribution in [0.1, 0.15) is 12.5 Å². The lowest BCUT2D eigenvalue weighted by atomic mass is 10.2. The van der Waals surface area contributed by atoms with Crippen LogP contribution in [0.15, 0.2) is 47.4 Å². The highest BCUT2D eigenvalue weighted by Gasteiger charge is 2.33. The third-order valence-corrected chi connectivity index (χ3v) is 4.68. The molecule has 0 saturated carbocycles. The number of amides is 1. The second-order valence-electron chi connectivity index (χ2n) is 4.90. The molecule has 0 aliphatic rings. The van der Waals surface area contributed by atoms with Crippen molar-refractivity contribution >= 4 is 46.6 Å². The van der Waals surface area contributed by atoms with Gasteiger partial charge < -0.3 is 5.32 Å². The number of hydrogen-bond donors (Lipinski definition) is 1. The molecule has 2 nitrogen and oxygen atoms in total. The Bertz CT molecular complexity index is 752. The van der Waals surface area contributed by atoms with Crippen LogP contribution in [0.3, 0.4) is 0 Å². The van der Waals surface area contributed by atoms with Crippen molar-refractivity contribution in [1.82, 2.24) is 0 Å². The van der Waals surface area contributed by atoms with Gasteiger partial charge in [-0.25, -0.2) is 0 Å². The molecule has 1 atom stereocenters. The zero-order valence-electron chi connectivity index (χ0n) is 12.3. The summed E-state index contributed by atoms with van der Waals surface area (Å²) in [5, 5.41) is 2.16. The molecule has 0 aliphatic carbocycles. The van der Waals surface area contributed by atoms with E-state index in [1.165, 1.54) is 12.1 Å². The lowest BCUT2D eigenvalue weighted by Crippen LogP contribution is -2.22. The molecule has 0 unspecified atom stereocenters. The van der Waals surface area contributed by atoms with Gasteiger partial charge in [0.15, 0.2) is 0 Å². The van der Waals surface area contributed by atoms with Crippen molar-refractivity contribution in [2.45, 2.75) is 23.2 Å². The van der Waals surface area contributed by atoms with E-state index in [0.29, 0.717) is 15.6 Å². The van der Waals surface area contributed by atoms with E-state index in [-0.39, 0.29) is 10.9 Å². The van der Waals surface area contributed by atoms with Crippen LogP contribution in [0, 0.1) is 0 Å². The number of rotatable bonds is 4. The molecular formula is C16H12Cl2F3NOS. The molecule has 0 fully saturated rings. The van der Waals surface area contributed by atoms with Gasteiger partial charge in [0.25, 0.3) is 0 Å². The SMILES string of the molecule is C[C@H](Sc1ccc(Cl)c(C(F)(F)F)c1)C(=O)Nc1cccc(Cl)c1. The second kappa shape index (κ2) is 7.68. The number of thioether (sulfide) groups is 1. The quantitative estimate of drug-likeness (QED) is 0.632. The van der Waals surface area contributed by atoms with Gasteiger partial charge in [0.2, 0.25) is 5.91 Å². The molecule has 0 aromatic heterocycles. The summed E-state index contributed by atoms with van der Waals surface area (Å²) < 4.78 is 38.6. The maximum absolute atomic E-state index is 12.9. The molecule has 1 amide bonds. The average molecular weight is 394 g/mol. The Balaban J connectivity index is 2.09. The maximum atomic E-state index is 12.9. The number of anilines is 1. The van der Waals surface area contributed by atoms with Crippen LogP contribution >= 0.6 is 35.0 Å². The zero-order valence-corrected chi connectivity index (χ0v) is 14.7. The monoisotopic (exact) mass is 393 g/mol. The van der Waals surface area contributed by atoms with E-state index in [0.717, 1.165) is 17.8 Å². The fourth-order valence-electron chi connectivity index (χ4n) is 1.86. The Morgan fingerprint density at radius 2 is 1.88 bits per heavy atom. The minimum atomic E-state index is -4.54. The molecule has 0 radical (unpaired) electrons. The Kier molecular flexibility index (Phi) is 6.06. The van der Waals surface area contributed by atoms with Crippen LogP contribution < -0.4 is 5.32 Å². The number of benzene rings is 2. The van der Waals surface area contributed by atoms with Crippen molar-refractivity contribution < 1.29 is 18.0 Å². The topological polar surface area (TPSA) is 29.1 Å². The molecule has 128 valence electrons. The average Bonchev–Trinajstić information content (AvgIpc) is 2.48. The fraction of sp³-hybridized carbons (Fsp3) is 0.188. The summed E-state index contributed by atoms with van der Waals surface area (Å²) in [5.41, 5.74) is -0.399. The second-order valence-corrected chi connectivity index (χ2v) is 7.16. The van der Waals surface area contributed by atoms with Crippen molar-refractivity contribution in [1.29, 1.82) is 0 Å². The maximum Gasteiger partial charge on any atom is 0.417 e. The van der Waals surface area contributed by atoms with Crippen LogP contribution in [-0.2, 0) is 11.0 Å². The smallest absolute Gasteiger partial charge is 0.325 e. The van der Waals surface area contributed by atoms with Gasteiger partial charge in [0.1, 0.15) is 0 Å². The summed E-state index contributed by atoms with van der Waals surface area (Å²) in [4.78, 5) is 12.5. The third kappa shape index (κ3) is 5.06. The number of nitrogens with one attached hydrogen (secondary N) is 1. The molecule has 2 aromatic carbocycles. The largest absolute Gasteiger partial charge is 0.417 e. The zero-order chi connectivity index (χ0) is 17.9. The highest BCUT2D eigenvalue weighted by molar-refractivity contribution is 8.00. The first kappa shape index (κ1) is 19.0. The highest BCUT2D eigenvalue weighted by atomic mass is 35.5. The van der Waals surface area contributed by atoms with Gasteiger partial charge in [-0.1, -0.05) is 29.3 Å². The molecule has 0 spiro atoms. The van der Waals surface area contributed by atoms with Crippen molar-refractivity contribution in [2.24, 2.45) is 0 Å². The van der Waals surface area contributed by atoms with Gasteiger partial charge in [0.05, 0.1) is 15.8 Å². The summed E-state index contributed by atoms with van der Waals surface area (Å²) in [6, 6.07) is 10.2. The van der Waals surface area contributed by atoms with Crippen molar-refractivity contribution in [2.75, 3.05) is 5.32 Å². The number of hydrogen-bond acceptors (Lipinski definition) is 2. The van der Waals surface area contributed by atoms with Gasteiger partial charge in [0, 0.05) is 15.6 Å². The van der Waals surface area contributed by atoms with E-state index in [2.05, 4.69) is 5.32 Å². The molecule has 0 heterocycles. The Morgan fingerprint density at radius 1 is 1.17 bits per heavy atom.